The van der Waals surface area contributed by atoms with Gasteiger partial charge in [-0.15, -0.1) is 5.10 Å². The van der Waals surface area contributed by atoms with Gasteiger partial charge in [-0.3, -0.25) is 0 Å². The van der Waals surface area contributed by atoms with Gasteiger partial charge >= 0.3 is 5.97 Å². The van der Waals surface area contributed by atoms with Crippen LogP contribution in [0.4, 0.5) is 0 Å². The molecule has 0 unspecified atom stereocenters. The minimum absolute atomic E-state index is 0.0422. The van der Waals surface area contributed by atoms with E-state index in [1.165, 1.54) is 0 Å². The maximum Gasteiger partial charge on any atom is 0.341 e. The van der Waals surface area contributed by atoms with Gasteiger partial charge in [0.2, 0.25) is 5.88 Å². The van der Waals surface area contributed by atoms with Gasteiger partial charge in [0.25, 0.3) is 0 Å². The van der Waals surface area contributed by atoms with E-state index >= 15 is 0 Å². The molecule has 5 nitrogen and oxygen atoms in total. The standard InChI is InChI=1S/C14H13BrN2O3/c1-8-9(2)16-17-13(12(8)14(18)19)20-7-10-4-3-5-11(15)6-10/h3-6H,7H2,1-2H3,(H,18,19). The molecule has 0 aliphatic carbocycles. The van der Waals surface area contributed by atoms with Crippen molar-refractivity contribution in [2.75, 3.05) is 0 Å². The Labute approximate surface area is 124 Å². The van der Waals surface area contributed by atoms with Crippen molar-refractivity contribution in [3.63, 3.8) is 0 Å². The number of carbonyl (C=O) groups is 1. The number of rotatable bonds is 4. The first kappa shape index (κ1) is 14.5. The van der Waals surface area contributed by atoms with Crippen molar-refractivity contribution in [2.24, 2.45) is 0 Å². The molecule has 0 fully saturated rings. The summed E-state index contributed by atoms with van der Waals surface area (Å²) in [4.78, 5) is 11.3. The van der Waals surface area contributed by atoms with Crippen molar-refractivity contribution >= 4 is 21.9 Å². The van der Waals surface area contributed by atoms with Crippen LogP contribution >= 0.6 is 15.9 Å². The van der Waals surface area contributed by atoms with Crippen LogP contribution in [0.15, 0.2) is 28.7 Å². The van der Waals surface area contributed by atoms with Gasteiger partial charge in [0.1, 0.15) is 12.2 Å². The van der Waals surface area contributed by atoms with Gasteiger partial charge in [-0.1, -0.05) is 28.1 Å². The zero-order valence-corrected chi connectivity index (χ0v) is 12.6. The van der Waals surface area contributed by atoms with Gasteiger partial charge < -0.3 is 9.84 Å². The Bertz CT molecular complexity index is 659. The number of halogens is 1. The molecule has 0 saturated heterocycles. The third-order valence-electron chi connectivity index (χ3n) is 2.90. The summed E-state index contributed by atoms with van der Waals surface area (Å²) in [5, 5.41) is 17.0. The zero-order chi connectivity index (χ0) is 14.7. The average molecular weight is 337 g/mol. The molecule has 1 heterocycles. The van der Waals surface area contributed by atoms with Gasteiger partial charge in [-0.25, -0.2) is 4.79 Å². The average Bonchev–Trinajstić information content (AvgIpc) is 2.39. The molecule has 0 spiro atoms. The summed E-state index contributed by atoms with van der Waals surface area (Å²) in [5.74, 6) is -1.02. The lowest BCUT2D eigenvalue weighted by Crippen LogP contribution is -2.10. The summed E-state index contributed by atoms with van der Waals surface area (Å²) in [6.45, 7) is 3.64. The highest BCUT2D eigenvalue weighted by Crippen LogP contribution is 2.22. The van der Waals surface area contributed by atoms with Crippen LogP contribution in [0, 0.1) is 13.8 Å². The molecule has 0 atom stereocenters. The van der Waals surface area contributed by atoms with Crippen molar-refractivity contribution in [1.29, 1.82) is 0 Å². The van der Waals surface area contributed by atoms with Crippen LogP contribution in [0.1, 0.15) is 27.2 Å². The van der Waals surface area contributed by atoms with E-state index < -0.39 is 5.97 Å². The molecule has 1 aromatic heterocycles. The van der Waals surface area contributed by atoms with Crippen molar-refractivity contribution in [3.05, 3.63) is 51.1 Å². The third kappa shape index (κ3) is 3.14. The lowest BCUT2D eigenvalue weighted by Gasteiger charge is -2.10. The predicted octanol–water partition coefficient (Wildman–Crippen LogP) is 3.13. The molecule has 0 radical (unpaired) electrons. The number of nitrogens with zero attached hydrogens (tertiary/aromatic N) is 2. The maximum atomic E-state index is 11.3. The normalized spacial score (nSPS) is 10.3. The Balaban J connectivity index is 2.26. The second kappa shape index (κ2) is 6.00. The summed E-state index contributed by atoms with van der Waals surface area (Å²) in [6, 6.07) is 7.57. The van der Waals surface area contributed by atoms with Gasteiger partial charge in [-0.2, -0.15) is 5.10 Å². The summed E-state index contributed by atoms with van der Waals surface area (Å²) in [7, 11) is 0. The number of ether oxygens (including phenoxy) is 1. The minimum atomic E-state index is -1.07. The van der Waals surface area contributed by atoms with E-state index in [4.69, 9.17) is 4.74 Å². The molecule has 0 saturated carbocycles. The fourth-order valence-electron chi connectivity index (χ4n) is 1.72. The fourth-order valence-corrected chi connectivity index (χ4v) is 2.16. The second-order valence-corrected chi connectivity index (χ2v) is 5.23. The molecule has 20 heavy (non-hydrogen) atoms. The summed E-state index contributed by atoms with van der Waals surface area (Å²) in [5.41, 5.74) is 2.12. The summed E-state index contributed by atoms with van der Waals surface area (Å²) >= 11 is 3.37. The third-order valence-corrected chi connectivity index (χ3v) is 3.39. The van der Waals surface area contributed by atoms with Gasteiger partial charge in [0.15, 0.2) is 0 Å². The lowest BCUT2D eigenvalue weighted by molar-refractivity contribution is 0.0689. The molecular weight excluding hydrogens is 324 g/mol. The predicted molar refractivity (Wildman–Crippen MR) is 76.9 cm³/mol. The van der Waals surface area contributed by atoms with Crippen molar-refractivity contribution < 1.29 is 14.6 Å². The first-order valence-corrected chi connectivity index (χ1v) is 6.72. The van der Waals surface area contributed by atoms with Crippen LogP contribution in [0.2, 0.25) is 0 Å². The van der Waals surface area contributed by atoms with Gasteiger partial charge in [0.05, 0.1) is 5.69 Å². The SMILES string of the molecule is Cc1nnc(OCc2cccc(Br)c2)c(C(=O)O)c1C. The molecule has 0 aliphatic heterocycles. The van der Waals surface area contributed by atoms with Crippen LogP contribution in [0.5, 0.6) is 5.88 Å². The lowest BCUT2D eigenvalue weighted by atomic mass is 10.1. The van der Waals surface area contributed by atoms with E-state index in [2.05, 4.69) is 26.1 Å². The van der Waals surface area contributed by atoms with E-state index in [0.717, 1.165) is 10.0 Å². The highest BCUT2D eigenvalue weighted by atomic mass is 79.9. The van der Waals surface area contributed by atoms with Crippen LogP contribution in [0.3, 0.4) is 0 Å². The molecule has 1 N–H and O–H groups in total. The Kier molecular flexibility index (Phi) is 4.34. The Hall–Kier alpha value is -1.95. The second-order valence-electron chi connectivity index (χ2n) is 4.31. The van der Waals surface area contributed by atoms with Crippen LogP contribution in [-0.4, -0.2) is 21.3 Å². The molecule has 1 aromatic carbocycles. The Morgan fingerprint density at radius 1 is 1.35 bits per heavy atom. The summed E-state index contributed by atoms with van der Waals surface area (Å²) in [6.07, 6.45) is 0. The number of carboxylic acid groups (broad SMARTS) is 1. The molecule has 2 aromatic rings. The van der Waals surface area contributed by atoms with E-state index in [1.807, 2.05) is 24.3 Å². The topological polar surface area (TPSA) is 72.3 Å². The number of benzene rings is 1. The van der Waals surface area contributed by atoms with Crippen molar-refractivity contribution in [3.8, 4) is 5.88 Å². The number of hydrogen-bond donors (Lipinski definition) is 1. The Morgan fingerprint density at radius 3 is 2.75 bits per heavy atom. The first-order valence-electron chi connectivity index (χ1n) is 5.93. The van der Waals surface area contributed by atoms with E-state index in [0.29, 0.717) is 11.3 Å². The van der Waals surface area contributed by atoms with E-state index in [9.17, 15) is 9.90 Å². The van der Waals surface area contributed by atoms with E-state index in [-0.39, 0.29) is 18.1 Å². The number of aryl methyl sites for hydroxylation is 1. The first-order chi connectivity index (χ1) is 9.49. The molecule has 0 amide bonds. The molecule has 0 aliphatic rings. The largest absolute Gasteiger partial charge is 0.477 e. The number of aromatic nitrogens is 2. The molecule has 0 bridgehead atoms. The Morgan fingerprint density at radius 2 is 2.10 bits per heavy atom. The number of carboxylic acids is 1. The molecular formula is C14H13BrN2O3. The van der Waals surface area contributed by atoms with Crippen LogP contribution in [0.25, 0.3) is 0 Å². The van der Waals surface area contributed by atoms with Gasteiger partial charge in [-0.05, 0) is 37.1 Å². The van der Waals surface area contributed by atoms with E-state index in [1.54, 1.807) is 13.8 Å². The smallest absolute Gasteiger partial charge is 0.341 e. The van der Waals surface area contributed by atoms with Crippen molar-refractivity contribution in [1.82, 2.24) is 10.2 Å². The molecule has 6 heteroatoms. The zero-order valence-electron chi connectivity index (χ0n) is 11.1. The highest BCUT2D eigenvalue weighted by Gasteiger charge is 2.19. The molecule has 2 rings (SSSR count). The number of hydrogen-bond acceptors (Lipinski definition) is 4. The quantitative estimate of drug-likeness (QED) is 0.928. The highest BCUT2D eigenvalue weighted by molar-refractivity contribution is 9.10. The minimum Gasteiger partial charge on any atom is -0.477 e. The van der Waals surface area contributed by atoms with Crippen molar-refractivity contribution in [2.45, 2.75) is 20.5 Å². The van der Waals surface area contributed by atoms with Crippen LogP contribution < -0.4 is 4.74 Å². The fraction of sp³-hybridized carbons (Fsp3) is 0.214. The molecule has 104 valence electrons. The summed E-state index contributed by atoms with van der Waals surface area (Å²) < 4.78 is 6.43. The van der Waals surface area contributed by atoms with Crippen LogP contribution in [-0.2, 0) is 6.61 Å². The number of aromatic carboxylic acids is 1. The van der Waals surface area contributed by atoms with Gasteiger partial charge in [0, 0.05) is 4.47 Å². The maximum absolute atomic E-state index is 11.3. The monoisotopic (exact) mass is 336 g/mol.